The summed E-state index contributed by atoms with van der Waals surface area (Å²) >= 11 is 3.30. The first-order valence-corrected chi connectivity index (χ1v) is 8.72. The summed E-state index contributed by atoms with van der Waals surface area (Å²) in [5, 5.41) is 8.22. The minimum atomic E-state index is -0.530. The summed E-state index contributed by atoms with van der Waals surface area (Å²) in [6.07, 6.45) is 1.45. The van der Waals surface area contributed by atoms with Crippen LogP contribution in [0.4, 0.5) is 9.18 Å². The van der Waals surface area contributed by atoms with E-state index in [-0.39, 0.29) is 18.0 Å². The van der Waals surface area contributed by atoms with E-state index in [1.54, 1.807) is 9.58 Å². The predicted octanol–water partition coefficient (Wildman–Crippen LogP) is 3.73. The number of halogens is 2. The van der Waals surface area contributed by atoms with Gasteiger partial charge < -0.3 is 9.64 Å². The largest absolute Gasteiger partial charge is 0.444 e. The topological polar surface area (TPSA) is 60.2 Å². The first kappa shape index (κ1) is 17.1. The number of carbonyl (C=O) groups excluding carboxylic acids is 1. The highest BCUT2D eigenvalue weighted by Gasteiger charge is 2.33. The molecule has 0 bridgehead atoms. The first-order chi connectivity index (χ1) is 11.2. The van der Waals surface area contributed by atoms with Crippen LogP contribution in [0.5, 0.6) is 0 Å². The van der Waals surface area contributed by atoms with Crippen LogP contribution < -0.4 is 0 Å². The number of carbonyl (C=O) groups is 1. The van der Waals surface area contributed by atoms with Crippen molar-refractivity contribution in [1.82, 2.24) is 19.9 Å². The fourth-order valence-corrected chi connectivity index (χ4v) is 3.42. The molecule has 1 saturated heterocycles. The highest BCUT2D eigenvalue weighted by Crippen LogP contribution is 2.26. The summed E-state index contributed by atoms with van der Waals surface area (Å²) < 4.78 is 21.4. The molecule has 1 aliphatic heterocycles. The number of ether oxygens (including phenoxy) is 1. The molecule has 1 fully saturated rings. The maximum Gasteiger partial charge on any atom is 0.410 e. The molecule has 2 heterocycles. The van der Waals surface area contributed by atoms with Crippen molar-refractivity contribution in [2.75, 3.05) is 6.54 Å². The second-order valence-electron chi connectivity index (χ2n) is 7.00. The Labute approximate surface area is 148 Å². The van der Waals surface area contributed by atoms with Crippen LogP contribution in [-0.4, -0.2) is 44.2 Å². The first-order valence-electron chi connectivity index (χ1n) is 7.92. The number of likely N-dealkylation sites (tertiary alicyclic amines) is 1. The molecule has 2 aromatic rings. The van der Waals surface area contributed by atoms with E-state index in [1.807, 2.05) is 20.8 Å². The van der Waals surface area contributed by atoms with Gasteiger partial charge in [-0.2, -0.15) is 0 Å². The lowest BCUT2D eigenvalue weighted by atomic mass is 10.2. The third-order valence-electron chi connectivity index (χ3n) is 3.93. The van der Waals surface area contributed by atoms with Crippen LogP contribution in [-0.2, 0) is 11.3 Å². The molecular weight excluding hydrogens is 379 g/mol. The molecule has 0 spiro atoms. The summed E-state index contributed by atoms with van der Waals surface area (Å²) in [5.74, 6) is -0.353. The molecule has 130 valence electrons. The van der Waals surface area contributed by atoms with E-state index in [1.165, 1.54) is 12.1 Å². The van der Waals surface area contributed by atoms with Gasteiger partial charge in [0.2, 0.25) is 0 Å². The quantitative estimate of drug-likeness (QED) is 0.772. The Morgan fingerprint density at radius 1 is 1.46 bits per heavy atom. The molecule has 3 rings (SSSR count). The fourth-order valence-electron chi connectivity index (χ4n) is 2.92. The van der Waals surface area contributed by atoms with Gasteiger partial charge in [0.25, 0.3) is 0 Å². The standard InChI is InChI=1S/C16H20BrFN4O2/c1-16(2,3)24-15(23)21-6-4-5-11(21)9-22-13-8-10(18)7-12(17)14(13)19-20-22/h7-8,11H,4-6,9H2,1-3H3. The Morgan fingerprint density at radius 2 is 2.21 bits per heavy atom. The number of nitrogens with zero attached hydrogens (tertiary/aromatic N) is 4. The number of hydrogen-bond donors (Lipinski definition) is 0. The number of fused-ring (bicyclic) bond motifs is 1. The summed E-state index contributed by atoms with van der Waals surface area (Å²) in [7, 11) is 0. The molecule has 1 atom stereocenters. The van der Waals surface area contributed by atoms with Crippen molar-refractivity contribution in [3.63, 3.8) is 0 Å². The van der Waals surface area contributed by atoms with Crippen LogP contribution in [0.25, 0.3) is 11.0 Å². The molecule has 1 unspecified atom stereocenters. The molecule has 0 radical (unpaired) electrons. The molecule has 0 aliphatic carbocycles. The highest BCUT2D eigenvalue weighted by molar-refractivity contribution is 9.10. The molecule has 1 aromatic carbocycles. The smallest absolute Gasteiger partial charge is 0.410 e. The second-order valence-corrected chi connectivity index (χ2v) is 7.85. The molecule has 1 aliphatic rings. The van der Waals surface area contributed by atoms with Crippen LogP contribution in [0.2, 0.25) is 0 Å². The molecule has 8 heteroatoms. The van der Waals surface area contributed by atoms with Gasteiger partial charge in [0, 0.05) is 12.6 Å². The van der Waals surface area contributed by atoms with Crippen LogP contribution >= 0.6 is 15.9 Å². The Bertz CT molecular complexity index is 771. The van der Waals surface area contributed by atoms with Crippen molar-refractivity contribution in [3.05, 3.63) is 22.4 Å². The lowest BCUT2D eigenvalue weighted by Gasteiger charge is -2.28. The third-order valence-corrected chi connectivity index (χ3v) is 4.53. The van der Waals surface area contributed by atoms with Gasteiger partial charge in [-0.3, -0.25) is 0 Å². The van der Waals surface area contributed by atoms with E-state index in [4.69, 9.17) is 4.74 Å². The summed E-state index contributed by atoms with van der Waals surface area (Å²) in [6, 6.07) is 2.74. The molecule has 1 amide bonds. The molecular formula is C16H20BrFN4O2. The van der Waals surface area contributed by atoms with Gasteiger partial charge in [0.15, 0.2) is 0 Å². The normalized spacial score (nSPS) is 18.4. The van der Waals surface area contributed by atoms with Crippen molar-refractivity contribution >= 4 is 33.1 Å². The molecule has 24 heavy (non-hydrogen) atoms. The fraction of sp³-hybridized carbons (Fsp3) is 0.562. The molecule has 1 aromatic heterocycles. The van der Waals surface area contributed by atoms with Crippen molar-refractivity contribution < 1.29 is 13.9 Å². The van der Waals surface area contributed by atoms with Crippen LogP contribution in [0.1, 0.15) is 33.6 Å². The van der Waals surface area contributed by atoms with Gasteiger partial charge in [-0.25, -0.2) is 13.9 Å². The second kappa shape index (κ2) is 6.31. The number of aromatic nitrogens is 3. The lowest BCUT2D eigenvalue weighted by molar-refractivity contribution is 0.0212. The zero-order valence-electron chi connectivity index (χ0n) is 13.9. The minimum absolute atomic E-state index is 0.0354. The lowest BCUT2D eigenvalue weighted by Crippen LogP contribution is -2.41. The van der Waals surface area contributed by atoms with Gasteiger partial charge >= 0.3 is 6.09 Å². The maximum absolute atomic E-state index is 13.7. The number of benzene rings is 1. The van der Waals surface area contributed by atoms with Crippen LogP contribution in [0.15, 0.2) is 16.6 Å². The van der Waals surface area contributed by atoms with Crippen molar-refractivity contribution in [3.8, 4) is 0 Å². The van der Waals surface area contributed by atoms with E-state index in [0.717, 1.165) is 12.8 Å². The van der Waals surface area contributed by atoms with Crippen molar-refractivity contribution in [2.24, 2.45) is 0 Å². The van der Waals surface area contributed by atoms with E-state index in [2.05, 4.69) is 26.2 Å². The monoisotopic (exact) mass is 398 g/mol. The van der Waals surface area contributed by atoms with E-state index >= 15 is 0 Å². The number of hydrogen-bond acceptors (Lipinski definition) is 4. The zero-order valence-corrected chi connectivity index (χ0v) is 15.5. The molecule has 0 N–H and O–H groups in total. The van der Waals surface area contributed by atoms with E-state index < -0.39 is 5.60 Å². The van der Waals surface area contributed by atoms with Crippen molar-refractivity contribution in [2.45, 2.75) is 51.8 Å². The average molecular weight is 399 g/mol. The van der Waals surface area contributed by atoms with Crippen LogP contribution in [0.3, 0.4) is 0 Å². The summed E-state index contributed by atoms with van der Waals surface area (Å²) in [4.78, 5) is 14.1. The molecule has 0 saturated carbocycles. The molecule has 6 nitrogen and oxygen atoms in total. The van der Waals surface area contributed by atoms with Gasteiger partial charge in [0.05, 0.1) is 22.6 Å². The average Bonchev–Trinajstić information content (AvgIpc) is 3.05. The Morgan fingerprint density at radius 3 is 2.92 bits per heavy atom. The van der Waals surface area contributed by atoms with Crippen LogP contribution in [0, 0.1) is 5.82 Å². The Balaban J connectivity index is 1.81. The van der Waals surface area contributed by atoms with Crippen molar-refractivity contribution in [1.29, 1.82) is 0 Å². The zero-order chi connectivity index (χ0) is 17.5. The third kappa shape index (κ3) is 3.53. The Kier molecular flexibility index (Phi) is 4.50. The van der Waals surface area contributed by atoms with E-state index in [0.29, 0.717) is 28.6 Å². The van der Waals surface area contributed by atoms with Gasteiger partial charge in [-0.05, 0) is 55.6 Å². The summed E-state index contributed by atoms with van der Waals surface area (Å²) in [5.41, 5.74) is 0.689. The maximum atomic E-state index is 13.7. The van der Waals surface area contributed by atoms with E-state index in [9.17, 15) is 9.18 Å². The minimum Gasteiger partial charge on any atom is -0.444 e. The highest BCUT2D eigenvalue weighted by atomic mass is 79.9. The predicted molar refractivity (Wildman–Crippen MR) is 91.1 cm³/mol. The summed E-state index contributed by atoms with van der Waals surface area (Å²) in [6.45, 7) is 6.67. The number of rotatable bonds is 2. The SMILES string of the molecule is CC(C)(C)OC(=O)N1CCCC1Cn1nnc2c(Br)cc(F)cc21. The Hall–Kier alpha value is -1.70. The van der Waals surface area contributed by atoms with Gasteiger partial charge in [-0.15, -0.1) is 5.10 Å². The van der Waals surface area contributed by atoms with Gasteiger partial charge in [0.1, 0.15) is 16.9 Å². The van der Waals surface area contributed by atoms with Gasteiger partial charge in [-0.1, -0.05) is 5.21 Å². The number of amides is 1.